The van der Waals surface area contributed by atoms with E-state index in [1.165, 1.54) is 11.3 Å². The molecule has 0 aliphatic carbocycles. The van der Waals surface area contributed by atoms with E-state index in [4.69, 9.17) is 23.2 Å². The molecule has 1 amide bonds. The number of fused-ring (bicyclic) bond motifs is 1. The van der Waals surface area contributed by atoms with Crippen molar-refractivity contribution in [3.8, 4) is 0 Å². The van der Waals surface area contributed by atoms with Crippen LogP contribution < -0.4 is 5.32 Å². The van der Waals surface area contributed by atoms with Crippen molar-refractivity contribution in [2.45, 2.75) is 25.4 Å². The Labute approximate surface area is 124 Å². The maximum Gasteiger partial charge on any atom is 0.253 e. The van der Waals surface area contributed by atoms with Gasteiger partial charge in [0, 0.05) is 30.9 Å². The van der Waals surface area contributed by atoms with Crippen LogP contribution in [0.4, 0.5) is 0 Å². The first-order chi connectivity index (χ1) is 9.13. The van der Waals surface area contributed by atoms with Gasteiger partial charge in [-0.05, 0) is 18.6 Å². The van der Waals surface area contributed by atoms with Crippen molar-refractivity contribution in [3.05, 3.63) is 38.3 Å². The molecule has 0 fully saturated rings. The van der Waals surface area contributed by atoms with E-state index in [1.54, 1.807) is 12.3 Å². The highest BCUT2D eigenvalue weighted by Crippen LogP contribution is 2.31. The van der Waals surface area contributed by atoms with Crippen LogP contribution in [-0.4, -0.2) is 21.7 Å². The average molecular weight is 316 g/mol. The van der Waals surface area contributed by atoms with E-state index < -0.39 is 0 Å². The molecule has 4 nitrogen and oxygen atoms in total. The molecule has 1 aliphatic heterocycles. The monoisotopic (exact) mass is 315 g/mol. The summed E-state index contributed by atoms with van der Waals surface area (Å²) in [5.41, 5.74) is 1.60. The number of aryl methyl sites for hydroxylation is 1. The van der Waals surface area contributed by atoms with Crippen LogP contribution in [0.3, 0.4) is 0 Å². The number of hydrogen-bond donors (Lipinski definition) is 1. The molecule has 0 saturated heterocycles. The highest BCUT2D eigenvalue weighted by molar-refractivity contribution is 7.20. The third kappa shape index (κ3) is 2.63. The molecule has 3 rings (SSSR count). The van der Waals surface area contributed by atoms with Crippen molar-refractivity contribution in [2.75, 3.05) is 0 Å². The Kier molecular flexibility index (Phi) is 3.52. The van der Waals surface area contributed by atoms with Gasteiger partial charge in [0.05, 0.1) is 9.90 Å². The Morgan fingerprint density at radius 3 is 3.11 bits per heavy atom. The predicted octanol–water partition coefficient (Wildman–Crippen LogP) is 3.00. The highest BCUT2D eigenvalue weighted by Gasteiger charge is 2.22. The van der Waals surface area contributed by atoms with E-state index in [0.29, 0.717) is 14.2 Å². The van der Waals surface area contributed by atoms with Gasteiger partial charge in [0.25, 0.3) is 5.91 Å². The van der Waals surface area contributed by atoms with Crippen molar-refractivity contribution < 1.29 is 4.79 Å². The van der Waals surface area contributed by atoms with Crippen LogP contribution in [0.1, 0.15) is 22.5 Å². The Morgan fingerprint density at radius 2 is 2.37 bits per heavy atom. The predicted molar refractivity (Wildman–Crippen MR) is 76.1 cm³/mol. The molecular weight excluding hydrogens is 305 g/mol. The second-order valence-electron chi connectivity index (χ2n) is 4.45. The van der Waals surface area contributed by atoms with Crippen LogP contribution in [0.25, 0.3) is 0 Å². The Bertz CT molecular complexity index is 622. The first-order valence-electron chi connectivity index (χ1n) is 5.90. The smallest absolute Gasteiger partial charge is 0.253 e. The van der Waals surface area contributed by atoms with E-state index in [1.807, 2.05) is 10.7 Å². The summed E-state index contributed by atoms with van der Waals surface area (Å²) in [4.78, 5) is 12.1. The lowest BCUT2D eigenvalue weighted by atomic mass is 10.0. The van der Waals surface area contributed by atoms with E-state index in [9.17, 15) is 4.79 Å². The molecule has 2 aromatic heterocycles. The van der Waals surface area contributed by atoms with E-state index in [2.05, 4.69) is 10.4 Å². The number of rotatable bonds is 2. The fourth-order valence-electron chi connectivity index (χ4n) is 2.25. The highest BCUT2D eigenvalue weighted by atomic mass is 35.5. The van der Waals surface area contributed by atoms with Crippen molar-refractivity contribution in [1.82, 2.24) is 15.1 Å². The van der Waals surface area contributed by atoms with Crippen molar-refractivity contribution in [3.63, 3.8) is 0 Å². The fraction of sp³-hybridized carbons (Fsp3) is 0.333. The normalized spacial score (nSPS) is 18.1. The first-order valence-corrected chi connectivity index (χ1v) is 7.47. The zero-order valence-electron chi connectivity index (χ0n) is 9.90. The maximum absolute atomic E-state index is 12.1. The summed E-state index contributed by atoms with van der Waals surface area (Å²) >= 11 is 13.0. The molecule has 1 atom stereocenters. The third-order valence-corrected chi connectivity index (χ3v) is 4.67. The molecule has 0 aromatic carbocycles. The van der Waals surface area contributed by atoms with Gasteiger partial charge in [0.1, 0.15) is 4.34 Å². The zero-order valence-corrected chi connectivity index (χ0v) is 12.2. The summed E-state index contributed by atoms with van der Waals surface area (Å²) in [6.45, 7) is 0.825. The Balaban J connectivity index is 1.70. The number of nitrogens with one attached hydrogen (secondary N) is 1. The number of carbonyl (C=O) groups excluding carboxylic acids is 1. The van der Waals surface area contributed by atoms with Gasteiger partial charge in [-0.2, -0.15) is 5.10 Å². The number of hydrogen-bond acceptors (Lipinski definition) is 3. The second-order valence-corrected chi connectivity index (χ2v) is 6.73. The van der Waals surface area contributed by atoms with Gasteiger partial charge in [-0.15, -0.1) is 11.3 Å². The van der Waals surface area contributed by atoms with E-state index >= 15 is 0 Å². The lowest BCUT2D eigenvalue weighted by Crippen LogP contribution is -2.40. The zero-order chi connectivity index (χ0) is 13.4. The van der Waals surface area contributed by atoms with Gasteiger partial charge in [-0.25, -0.2) is 0 Å². The number of amides is 1. The maximum atomic E-state index is 12.1. The summed E-state index contributed by atoms with van der Waals surface area (Å²) in [5, 5.41) is 7.22. The molecule has 0 radical (unpaired) electrons. The third-order valence-electron chi connectivity index (χ3n) is 3.19. The molecule has 1 N–H and O–H groups in total. The standard InChI is InChI=1S/C12H11Cl2N3OS/c13-10-6-9(11(14)19-10)12(18)16-7-2-4-17-8(5-7)1-3-15-17/h1,3,6-7H,2,4-5H2,(H,16,18). The molecular formula is C12H11Cl2N3OS. The number of nitrogens with zero attached hydrogens (tertiary/aromatic N) is 2. The summed E-state index contributed by atoms with van der Waals surface area (Å²) in [5.74, 6) is -0.161. The van der Waals surface area contributed by atoms with Crippen LogP contribution in [-0.2, 0) is 13.0 Å². The first kappa shape index (κ1) is 13.0. The molecule has 0 spiro atoms. The van der Waals surface area contributed by atoms with Crippen molar-refractivity contribution >= 4 is 40.4 Å². The molecule has 7 heteroatoms. The summed E-state index contributed by atoms with van der Waals surface area (Å²) in [6, 6.07) is 3.70. The van der Waals surface area contributed by atoms with Gasteiger partial charge >= 0.3 is 0 Å². The Hall–Kier alpha value is -1.04. The molecule has 100 valence electrons. The second kappa shape index (κ2) is 5.15. The quantitative estimate of drug-likeness (QED) is 0.926. The van der Waals surface area contributed by atoms with Crippen LogP contribution in [0.5, 0.6) is 0 Å². The van der Waals surface area contributed by atoms with E-state index in [0.717, 1.165) is 25.1 Å². The largest absolute Gasteiger partial charge is 0.349 e. The topological polar surface area (TPSA) is 46.9 Å². The summed E-state index contributed by atoms with van der Waals surface area (Å²) in [7, 11) is 0. The average Bonchev–Trinajstić information content (AvgIpc) is 2.94. The minimum Gasteiger partial charge on any atom is -0.349 e. The number of carbonyl (C=O) groups is 1. The van der Waals surface area contributed by atoms with Crippen molar-refractivity contribution in [2.24, 2.45) is 0 Å². The number of aromatic nitrogens is 2. The van der Waals surface area contributed by atoms with Gasteiger partial charge in [0.15, 0.2) is 0 Å². The molecule has 1 aliphatic rings. The fourth-order valence-corrected chi connectivity index (χ4v) is 3.71. The van der Waals surface area contributed by atoms with Gasteiger partial charge in [-0.3, -0.25) is 9.48 Å². The lowest BCUT2D eigenvalue weighted by molar-refractivity contribution is 0.0931. The number of halogens is 2. The van der Waals surface area contributed by atoms with Gasteiger partial charge in [0.2, 0.25) is 0 Å². The Morgan fingerprint density at radius 1 is 1.53 bits per heavy atom. The van der Waals surface area contributed by atoms with E-state index in [-0.39, 0.29) is 11.9 Å². The molecule has 19 heavy (non-hydrogen) atoms. The molecule has 3 heterocycles. The van der Waals surface area contributed by atoms with Crippen LogP contribution >= 0.6 is 34.5 Å². The molecule has 2 aromatic rings. The van der Waals surface area contributed by atoms with Crippen LogP contribution in [0, 0.1) is 0 Å². The van der Waals surface area contributed by atoms with Crippen molar-refractivity contribution in [1.29, 1.82) is 0 Å². The van der Waals surface area contributed by atoms with Crippen LogP contribution in [0.2, 0.25) is 8.67 Å². The SMILES string of the molecule is O=C(NC1CCn2nccc2C1)c1cc(Cl)sc1Cl. The molecule has 0 saturated carbocycles. The summed E-state index contributed by atoms with van der Waals surface area (Å²) in [6.07, 6.45) is 3.45. The number of thiophene rings is 1. The van der Waals surface area contributed by atoms with Gasteiger partial charge < -0.3 is 5.32 Å². The molecule has 1 unspecified atom stereocenters. The minimum absolute atomic E-state index is 0.117. The minimum atomic E-state index is -0.161. The lowest BCUT2D eigenvalue weighted by Gasteiger charge is -2.24. The van der Waals surface area contributed by atoms with Crippen LogP contribution in [0.15, 0.2) is 18.3 Å². The summed E-state index contributed by atoms with van der Waals surface area (Å²) < 4.78 is 2.93. The molecule has 0 bridgehead atoms. The van der Waals surface area contributed by atoms with Gasteiger partial charge in [-0.1, -0.05) is 23.2 Å².